The van der Waals surface area contributed by atoms with Crippen LogP contribution in [-0.4, -0.2) is 22.0 Å². The van der Waals surface area contributed by atoms with Gasteiger partial charge in [0.2, 0.25) is 0 Å². The van der Waals surface area contributed by atoms with E-state index >= 15 is 0 Å². The number of esters is 1. The van der Waals surface area contributed by atoms with Crippen molar-refractivity contribution in [1.82, 2.24) is 0 Å². The highest BCUT2D eigenvalue weighted by Gasteiger charge is 2.38. The average Bonchev–Trinajstić information content (AvgIpc) is 2.73. The molecule has 6 nitrogen and oxygen atoms in total. The Morgan fingerprint density at radius 2 is 1.57 bits per heavy atom. The summed E-state index contributed by atoms with van der Waals surface area (Å²) in [6.07, 6.45) is -0.429. The molecule has 0 radical (unpaired) electrons. The fourth-order valence-electron chi connectivity index (χ4n) is 4.16. The Morgan fingerprint density at radius 3 is 2.30 bits per heavy atom. The van der Waals surface area contributed by atoms with Crippen molar-refractivity contribution in [3.63, 3.8) is 0 Å². The fraction of sp³-hybridized carbons (Fsp3) is 0.167. The first-order valence-electron chi connectivity index (χ1n) is 9.65. The van der Waals surface area contributed by atoms with Crippen LogP contribution in [0.1, 0.15) is 51.9 Å². The summed E-state index contributed by atoms with van der Waals surface area (Å²) in [4.78, 5) is 25.2. The Kier molecular flexibility index (Phi) is 4.20. The standard InChI is InChI=1S/C24H18O6/c25-15-8-6-14(7-9-15)18-11-17(26)23-20(29-18)12-19-22(24(23)28)16(10-21(27)30-19)13-4-2-1-3-5-13/h1-9,12,16,18,25,28H,10-11H2. The summed E-state index contributed by atoms with van der Waals surface area (Å²) in [5.41, 5.74) is 2.13. The molecule has 0 fully saturated rings. The molecule has 2 aliphatic rings. The van der Waals surface area contributed by atoms with Gasteiger partial charge in [-0.2, -0.15) is 0 Å². The minimum absolute atomic E-state index is 0.0555. The topological polar surface area (TPSA) is 93.1 Å². The minimum Gasteiger partial charge on any atom is -0.508 e. The van der Waals surface area contributed by atoms with Gasteiger partial charge in [0.15, 0.2) is 5.78 Å². The van der Waals surface area contributed by atoms with Crippen LogP contribution in [-0.2, 0) is 4.79 Å². The van der Waals surface area contributed by atoms with Crippen molar-refractivity contribution in [3.8, 4) is 23.0 Å². The van der Waals surface area contributed by atoms with E-state index in [2.05, 4.69) is 0 Å². The van der Waals surface area contributed by atoms with Crippen LogP contribution in [0.2, 0.25) is 0 Å². The van der Waals surface area contributed by atoms with E-state index in [1.165, 1.54) is 18.2 Å². The van der Waals surface area contributed by atoms with E-state index in [9.17, 15) is 19.8 Å². The molecule has 3 aromatic rings. The number of aromatic hydroxyl groups is 2. The highest BCUT2D eigenvalue weighted by atomic mass is 16.5. The second kappa shape index (κ2) is 6.91. The lowest BCUT2D eigenvalue weighted by Gasteiger charge is -2.31. The van der Waals surface area contributed by atoms with Crippen molar-refractivity contribution in [3.05, 3.63) is 82.9 Å². The van der Waals surface area contributed by atoms with E-state index in [1.54, 1.807) is 12.1 Å². The Hall–Kier alpha value is -3.80. The summed E-state index contributed by atoms with van der Waals surface area (Å²) >= 11 is 0. The Balaban J connectivity index is 1.60. The van der Waals surface area contributed by atoms with Crippen molar-refractivity contribution in [2.24, 2.45) is 0 Å². The van der Waals surface area contributed by atoms with Crippen LogP contribution in [0.5, 0.6) is 23.0 Å². The lowest BCUT2D eigenvalue weighted by molar-refractivity contribution is -0.135. The van der Waals surface area contributed by atoms with E-state index in [0.29, 0.717) is 5.56 Å². The maximum absolute atomic E-state index is 13.0. The summed E-state index contributed by atoms with van der Waals surface area (Å²) < 4.78 is 11.4. The third-order valence-corrected chi connectivity index (χ3v) is 5.59. The first-order chi connectivity index (χ1) is 14.5. The van der Waals surface area contributed by atoms with E-state index in [-0.39, 0.29) is 47.2 Å². The van der Waals surface area contributed by atoms with Gasteiger partial charge in [-0.1, -0.05) is 42.5 Å². The van der Waals surface area contributed by atoms with Gasteiger partial charge in [-0.3, -0.25) is 9.59 Å². The molecule has 2 aliphatic heterocycles. The van der Waals surface area contributed by atoms with Crippen molar-refractivity contribution in [2.45, 2.75) is 24.9 Å². The number of ether oxygens (including phenoxy) is 2. The van der Waals surface area contributed by atoms with Crippen LogP contribution in [0.3, 0.4) is 0 Å². The highest BCUT2D eigenvalue weighted by molar-refractivity contribution is 6.03. The number of phenolic OH excluding ortho intramolecular Hbond substituents is 2. The van der Waals surface area contributed by atoms with E-state index in [4.69, 9.17) is 9.47 Å². The van der Waals surface area contributed by atoms with Gasteiger partial charge in [-0.25, -0.2) is 0 Å². The number of fused-ring (bicyclic) bond motifs is 2. The number of carbonyl (C=O) groups excluding carboxylic acids is 2. The van der Waals surface area contributed by atoms with Gasteiger partial charge in [0.25, 0.3) is 0 Å². The van der Waals surface area contributed by atoms with Crippen LogP contribution in [0.25, 0.3) is 0 Å². The molecule has 0 spiro atoms. The molecule has 6 heteroatoms. The van der Waals surface area contributed by atoms with Crippen molar-refractivity contribution in [1.29, 1.82) is 0 Å². The van der Waals surface area contributed by atoms with Crippen molar-refractivity contribution >= 4 is 11.8 Å². The number of rotatable bonds is 2. The van der Waals surface area contributed by atoms with Gasteiger partial charge in [0, 0.05) is 17.5 Å². The molecule has 0 aromatic heterocycles. The second-order valence-corrected chi connectivity index (χ2v) is 7.48. The summed E-state index contributed by atoms with van der Waals surface area (Å²) in [6.45, 7) is 0. The van der Waals surface area contributed by atoms with Crippen LogP contribution in [0.4, 0.5) is 0 Å². The Labute approximate surface area is 172 Å². The quantitative estimate of drug-likeness (QED) is 0.492. The molecule has 0 bridgehead atoms. The second-order valence-electron chi connectivity index (χ2n) is 7.48. The molecule has 2 heterocycles. The number of Topliss-reactive ketones (excluding diaryl/α,β-unsaturated/α-hetero) is 1. The van der Waals surface area contributed by atoms with E-state index < -0.39 is 18.0 Å². The monoisotopic (exact) mass is 402 g/mol. The average molecular weight is 402 g/mol. The van der Waals surface area contributed by atoms with Gasteiger partial charge >= 0.3 is 5.97 Å². The summed E-state index contributed by atoms with van der Waals surface area (Å²) in [6, 6.07) is 17.3. The Morgan fingerprint density at radius 1 is 0.833 bits per heavy atom. The summed E-state index contributed by atoms with van der Waals surface area (Å²) in [5, 5.41) is 20.5. The predicted octanol–water partition coefficient (Wildman–Crippen LogP) is 4.25. The zero-order valence-electron chi connectivity index (χ0n) is 15.9. The number of phenols is 2. The number of ketones is 1. The fourth-order valence-corrected chi connectivity index (χ4v) is 4.16. The molecule has 2 N–H and O–H groups in total. The van der Waals surface area contributed by atoms with Gasteiger partial charge in [0.1, 0.15) is 34.7 Å². The van der Waals surface area contributed by atoms with Gasteiger partial charge in [0.05, 0.1) is 12.8 Å². The summed E-state index contributed by atoms with van der Waals surface area (Å²) in [7, 11) is 0. The number of hydrogen-bond acceptors (Lipinski definition) is 6. The third kappa shape index (κ3) is 2.97. The molecule has 150 valence electrons. The normalized spacial score (nSPS) is 20.0. The molecule has 0 saturated carbocycles. The summed E-state index contributed by atoms with van der Waals surface area (Å²) in [5.74, 6) is -0.760. The molecule has 5 rings (SSSR count). The van der Waals surface area contributed by atoms with Crippen LogP contribution < -0.4 is 9.47 Å². The number of carbonyl (C=O) groups is 2. The molecule has 2 unspecified atom stereocenters. The zero-order chi connectivity index (χ0) is 20.8. The predicted molar refractivity (Wildman–Crippen MR) is 107 cm³/mol. The van der Waals surface area contributed by atoms with E-state index in [1.807, 2.05) is 30.3 Å². The van der Waals surface area contributed by atoms with Crippen LogP contribution >= 0.6 is 0 Å². The smallest absolute Gasteiger partial charge is 0.312 e. The first kappa shape index (κ1) is 18.2. The lowest BCUT2D eigenvalue weighted by Crippen LogP contribution is -2.25. The van der Waals surface area contributed by atoms with Crippen LogP contribution in [0, 0.1) is 0 Å². The molecule has 30 heavy (non-hydrogen) atoms. The van der Waals surface area contributed by atoms with Crippen molar-refractivity contribution in [2.75, 3.05) is 0 Å². The van der Waals surface area contributed by atoms with Crippen molar-refractivity contribution < 1.29 is 29.3 Å². The maximum atomic E-state index is 13.0. The maximum Gasteiger partial charge on any atom is 0.312 e. The van der Waals surface area contributed by atoms with Gasteiger partial charge in [-0.05, 0) is 23.3 Å². The molecule has 0 saturated heterocycles. The molecule has 2 atom stereocenters. The highest BCUT2D eigenvalue weighted by Crippen LogP contribution is 2.51. The molecule has 0 aliphatic carbocycles. The number of hydrogen-bond donors (Lipinski definition) is 2. The molecule has 3 aromatic carbocycles. The lowest BCUT2D eigenvalue weighted by atomic mass is 9.83. The molecular weight excluding hydrogens is 384 g/mol. The molecular formula is C24H18O6. The van der Waals surface area contributed by atoms with Gasteiger partial charge in [-0.15, -0.1) is 0 Å². The zero-order valence-corrected chi connectivity index (χ0v) is 15.9. The van der Waals surface area contributed by atoms with Crippen LogP contribution in [0.15, 0.2) is 60.7 Å². The third-order valence-electron chi connectivity index (χ3n) is 5.59. The SMILES string of the molecule is O=C1CC(c2ccccc2)c2c(cc3c(c2O)C(=O)CC(c2ccc(O)cc2)O3)O1. The Bertz CT molecular complexity index is 1150. The minimum atomic E-state index is -0.563. The largest absolute Gasteiger partial charge is 0.508 e. The number of benzene rings is 3. The molecule has 0 amide bonds. The van der Waals surface area contributed by atoms with Gasteiger partial charge < -0.3 is 19.7 Å². The first-order valence-corrected chi connectivity index (χ1v) is 9.65. The van der Waals surface area contributed by atoms with E-state index in [0.717, 1.165) is 11.1 Å².